The molecule has 0 radical (unpaired) electrons. The molecule has 9 nitrogen and oxygen atoms in total. The Morgan fingerprint density at radius 3 is 1.90 bits per heavy atom. The number of Topliss-reactive ketones (excluding diaryl/α,β-unsaturated/α-hetero) is 1. The van der Waals surface area contributed by atoms with Gasteiger partial charge in [0, 0.05) is 36.1 Å². The molecule has 256 valence electrons. The highest BCUT2D eigenvalue weighted by molar-refractivity contribution is 5.99. The van der Waals surface area contributed by atoms with Gasteiger partial charge in [0.05, 0.1) is 30.1 Å². The number of nitriles is 1. The van der Waals surface area contributed by atoms with E-state index in [0.29, 0.717) is 42.9 Å². The molecule has 0 saturated carbocycles. The first kappa shape index (κ1) is 33.5. The number of amides is 3. The van der Waals surface area contributed by atoms with Gasteiger partial charge in [-0.3, -0.25) is 19.2 Å². The summed E-state index contributed by atoms with van der Waals surface area (Å²) in [4.78, 5) is 59.7. The number of carbonyl (C=O) groups is 4. The Balaban J connectivity index is 1.01. The Kier molecular flexibility index (Phi) is 9.75. The zero-order chi connectivity index (χ0) is 35.3. The zero-order valence-corrected chi connectivity index (χ0v) is 28.3. The third-order valence-corrected chi connectivity index (χ3v) is 10.0. The molecule has 4 aromatic carbocycles. The standard InChI is InChI=1S/C42H39N5O4/c43-27-34-33-23-30(24-38(48)36-13-7-21-46(36)39(49)25-28-9-3-1-4-10-28)15-20-35(33)45-41(34)31-16-18-32(19-17-31)44-42(51)37-14-8-22-47(37)40(50)26-29-11-5-2-6-12-29/h1-6,9-12,15-20,23,36-37,45H,7-8,13-14,21-22,24-26H2,(H,44,51)/t36-,37-/m0/s1. The van der Waals surface area contributed by atoms with E-state index in [1.165, 1.54) is 0 Å². The molecule has 2 N–H and O–H groups in total. The lowest BCUT2D eigenvalue weighted by molar-refractivity contribution is -0.136. The number of ketones is 1. The van der Waals surface area contributed by atoms with Gasteiger partial charge in [-0.25, -0.2) is 0 Å². The SMILES string of the molecule is N#Cc1c(-c2ccc(NC(=O)[C@@H]3CCCN3C(=O)Cc3ccccc3)cc2)[nH]c2ccc(CC(=O)[C@@H]3CCCN3C(=O)Cc3ccccc3)cc12. The Labute approximate surface area is 296 Å². The predicted molar refractivity (Wildman–Crippen MR) is 196 cm³/mol. The number of benzene rings is 4. The molecule has 2 atom stereocenters. The lowest BCUT2D eigenvalue weighted by atomic mass is 9.99. The summed E-state index contributed by atoms with van der Waals surface area (Å²) in [5.74, 6) is -0.302. The zero-order valence-electron chi connectivity index (χ0n) is 28.3. The van der Waals surface area contributed by atoms with Crippen molar-refractivity contribution in [2.75, 3.05) is 18.4 Å². The number of hydrogen-bond acceptors (Lipinski definition) is 5. The maximum Gasteiger partial charge on any atom is 0.247 e. The lowest BCUT2D eigenvalue weighted by Crippen LogP contribution is -2.43. The van der Waals surface area contributed by atoms with Crippen molar-refractivity contribution in [1.29, 1.82) is 5.26 Å². The molecule has 2 aliphatic heterocycles. The monoisotopic (exact) mass is 677 g/mol. The second kappa shape index (κ2) is 14.9. The quantitative estimate of drug-likeness (QED) is 0.181. The van der Waals surface area contributed by atoms with Crippen molar-refractivity contribution < 1.29 is 19.2 Å². The van der Waals surface area contributed by atoms with Crippen LogP contribution >= 0.6 is 0 Å². The first-order chi connectivity index (χ1) is 24.9. The van der Waals surface area contributed by atoms with Crippen LogP contribution in [0.25, 0.3) is 22.2 Å². The van der Waals surface area contributed by atoms with Gasteiger partial charge in [-0.15, -0.1) is 0 Å². The summed E-state index contributed by atoms with van der Waals surface area (Å²) in [6, 6.07) is 33.4. The summed E-state index contributed by atoms with van der Waals surface area (Å²) < 4.78 is 0. The highest BCUT2D eigenvalue weighted by atomic mass is 16.2. The van der Waals surface area contributed by atoms with Gasteiger partial charge < -0.3 is 20.1 Å². The number of carbonyl (C=O) groups excluding carboxylic acids is 4. The number of aromatic amines is 1. The molecule has 0 unspecified atom stereocenters. The average molecular weight is 678 g/mol. The van der Waals surface area contributed by atoms with Gasteiger partial charge in [-0.05, 0) is 72.2 Å². The fourth-order valence-electron chi connectivity index (χ4n) is 7.43. The molecule has 0 bridgehead atoms. The number of rotatable bonds is 10. The molecule has 2 aliphatic rings. The molecule has 2 saturated heterocycles. The van der Waals surface area contributed by atoms with E-state index < -0.39 is 12.1 Å². The van der Waals surface area contributed by atoms with Gasteiger partial charge in [0.15, 0.2) is 5.78 Å². The number of aromatic nitrogens is 1. The van der Waals surface area contributed by atoms with E-state index in [4.69, 9.17) is 0 Å². The van der Waals surface area contributed by atoms with Crippen molar-refractivity contribution in [1.82, 2.24) is 14.8 Å². The summed E-state index contributed by atoms with van der Waals surface area (Å²) in [6.45, 7) is 1.14. The molecule has 3 heterocycles. The normalized spacial score (nSPS) is 17.0. The molecule has 9 heteroatoms. The van der Waals surface area contributed by atoms with Gasteiger partial charge in [0.25, 0.3) is 0 Å². The largest absolute Gasteiger partial charge is 0.353 e. The molecular formula is C42H39N5O4. The van der Waals surface area contributed by atoms with Crippen LogP contribution in [-0.2, 0) is 38.4 Å². The minimum absolute atomic E-state index is 0.00134. The summed E-state index contributed by atoms with van der Waals surface area (Å²) >= 11 is 0. The van der Waals surface area contributed by atoms with E-state index in [9.17, 15) is 24.4 Å². The molecular weight excluding hydrogens is 638 g/mol. The van der Waals surface area contributed by atoms with Crippen LogP contribution in [0.1, 0.15) is 47.9 Å². The highest BCUT2D eigenvalue weighted by Gasteiger charge is 2.35. The molecule has 3 amide bonds. The summed E-state index contributed by atoms with van der Waals surface area (Å²) in [5.41, 5.74) is 5.91. The van der Waals surface area contributed by atoms with Crippen LogP contribution < -0.4 is 5.32 Å². The molecule has 5 aromatic rings. The van der Waals surface area contributed by atoms with Crippen LogP contribution in [0.4, 0.5) is 5.69 Å². The Morgan fingerprint density at radius 2 is 1.29 bits per heavy atom. The Bertz CT molecular complexity index is 2120. The smallest absolute Gasteiger partial charge is 0.247 e. The number of anilines is 1. The third-order valence-electron chi connectivity index (χ3n) is 10.0. The van der Waals surface area contributed by atoms with Crippen molar-refractivity contribution in [3.05, 3.63) is 125 Å². The van der Waals surface area contributed by atoms with Crippen molar-refractivity contribution in [3.63, 3.8) is 0 Å². The van der Waals surface area contributed by atoms with E-state index in [0.717, 1.165) is 46.0 Å². The molecule has 51 heavy (non-hydrogen) atoms. The van der Waals surface area contributed by atoms with E-state index in [1.807, 2.05) is 91.0 Å². The number of nitrogens with one attached hydrogen (secondary N) is 2. The Hall–Kier alpha value is -6.01. The predicted octanol–water partition coefficient (Wildman–Crippen LogP) is 6.22. The van der Waals surface area contributed by atoms with Crippen LogP contribution in [0.15, 0.2) is 103 Å². The molecule has 0 spiro atoms. The summed E-state index contributed by atoms with van der Waals surface area (Å²) in [7, 11) is 0. The van der Waals surface area contributed by atoms with E-state index in [1.54, 1.807) is 21.9 Å². The number of hydrogen-bond donors (Lipinski definition) is 2. The minimum Gasteiger partial charge on any atom is -0.353 e. The maximum atomic E-state index is 13.5. The fourth-order valence-corrected chi connectivity index (χ4v) is 7.43. The number of fused-ring (bicyclic) bond motifs is 1. The Morgan fingerprint density at radius 1 is 0.706 bits per heavy atom. The first-order valence-corrected chi connectivity index (χ1v) is 17.5. The van der Waals surface area contributed by atoms with E-state index >= 15 is 0 Å². The van der Waals surface area contributed by atoms with Gasteiger partial charge in [0.2, 0.25) is 17.7 Å². The third kappa shape index (κ3) is 7.31. The minimum atomic E-state index is -0.521. The second-order valence-corrected chi connectivity index (χ2v) is 13.4. The van der Waals surface area contributed by atoms with Crippen LogP contribution in [-0.4, -0.2) is 63.5 Å². The van der Waals surface area contributed by atoms with Gasteiger partial charge in [-0.2, -0.15) is 5.26 Å². The average Bonchev–Trinajstić information content (AvgIpc) is 3.92. The van der Waals surface area contributed by atoms with E-state index in [2.05, 4.69) is 16.4 Å². The molecule has 1 aromatic heterocycles. The molecule has 7 rings (SSSR count). The van der Waals surface area contributed by atoms with E-state index in [-0.39, 0.29) is 42.8 Å². The van der Waals surface area contributed by atoms with Crippen LogP contribution in [0.3, 0.4) is 0 Å². The topological polar surface area (TPSA) is 126 Å². The second-order valence-electron chi connectivity index (χ2n) is 13.4. The van der Waals surface area contributed by atoms with Crippen molar-refractivity contribution in [2.45, 2.75) is 57.0 Å². The highest BCUT2D eigenvalue weighted by Crippen LogP contribution is 2.32. The van der Waals surface area contributed by atoms with Crippen molar-refractivity contribution in [2.24, 2.45) is 0 Å². The van der Waals surface area contributed by atoms with Gasteiger partial charge >= 0.3 is 0 Å². The lowest BCUT2D eigenvalue weighted by Gasteiger charge is -2.24. The fraction of sp³-hybridized carbons (Fsp3) is 0.262. The number of H-pyrrole nitrogens is 1. The summed E-state index contributed by atoms with van der Waals surface area (Å²) in [6.07, 6.45) is 3.55. The van der Waals surface area contributed by atoms with Gasteiger partial charge in [-0.1, -0.05) is 78.9 Å². The van der Waals surface area contributed by atoms with Crippen LogP contribution in [0.2, 0.25) is 0 Å². The van der Waals surface area contributed by atoms with Crippen LogP contribution in [0.5, 0.6) is 0 Å². The maximum absolute atomic E-state index is 13.5. The van der Waals surface area contributed by atoms with Crippen LogP contribution in [0, 0.1) is 11.3 Å². The first-order valence-electron chi connectivity index (χ1n) is 17.5. The molecule has 2 fully saturated rings. The molecule has 0 aliphatic carbocycles. The number of likely N-dealkylation sites (tertiary alicyclic amines) is 2. The summed E-state index contributed by atoms with van der Waals surface area (Å²) in [5, 5.41) is 13.9. The van der Waals surface area contributed by atoms with Crippen molar-refractivity contribution in [3.8, 4) is 17.3 Å². The van der Waals surface area contributed by atoms with Crippen molar-refractivity contribution >= 4 is 40.1 Å². The number of nitrogens with zero attached hydrogens (tertiary/aromatic N) is 3. The van der Waals surface area contributed by atoms with Gasteiger partial charge in [0.1, 0.15) is 12.1 Å².